The van der Waals surface area contributed by atoms with E-state index in [9.17, 15) is 13.2 Å². The molecule has 0 heterocycles. The molecule has 7 heteroatoms. The van der Waals surface area contributed by atoms with Gasteiger partial charge in [0.1, 0.15) is 5.60 Å². The Morgan fingerprint density at radius 2 is 1.79 bits per heavy atom. The first kappa shape index (κ1) is 18.2. The van der Waals surface area contributed by atoms with Crippen molar-refractivity contribution in [3.8, 4) is 0 Å². The fourth-order valence-electron chi connectivity index (χ4n) is 1.22. The number of amides is 1. The Bertz CT molecular complexity index is 360. The van der Waals surface area contributed by atoms with Gasteiger partial charge in [-0.2, -0.15) is 0 Å². The molecule has 6 nitrogen and oxygen atoms in total. The van der Waals surface area contributed by atoms with E-state index in [0.717, 1.165) is 6.42 Å². The van der Waals surface area contributed by atoms with Gasteiger partial charge in [0.2, 0.25) is 0 Å². The highest BCUT2D eigenvalue weighted by atomic mass is 32.2. The predicted octanol–water partition coefficient (Wildman–Crippen LogP) is 0.926. The molecule has 2 N–H and O–H groups in total. The van der Waals surface area contributed by atoms with Crippen LogP contribution in [0, 0.1) is 0 Å². The quantitative estimate of drug-likeness (QED) is 0.650. The summed E-state index contributed by atoms with van der Waals surface area (Å²) in [5.41, 5.74) is -0.489. The summed E-state index contributed by atoms with van der Waals surface area (Å²) in [5, 5.41) is 5.66. The zero-order valence-electron chi connectivity index (χ0n) is 12.3. The number of ether oxygens (including phenoxy) is 1. The molecule has 1 amide bonds. The molecule has 0 rings (SSSR count). The molecule has 0 radical (unpaired) electrons. The number of rotatable bonds is 8. The van der Waals surface area contributed by atoms with Crippen molar-refractivity contribution in [1.29, 1.82) is 0 Å². The van der Waals surface area contributed by atoms with Gasteiger partial charge in [-0.25, -0.2) is 13.2 Å². The van der Waals surface area contributed by atoms with E-state index in [4.69, 9.17) is 4.74 Å². The van der Waals surface area contributed by atoms with Crippen molar-refractivity contribution in [2.75, 3.05) is 31.1 Å². The number of alkyl carbamates (subject to hydrolysis) is 1. The van der Waals surface area contributed by atoms with Crippen molar-refractivity contribution in [3.63, 3.8) is 0 Å². The zero-order chi connectivity index (χ0) is 14.9. The first-order valence-electron chi connectivity index (χ1n) is 6.54. The maximum atomic E-state index is 11.3. The van der Waals surface area contributed by atoms with E-state index >= 15 is 0 Å². The highest BCUT2D eigenvalue weighted by molar-refractivity contribution is 7.91. The van der Waals surface area contributed by atoms with Crippen LogP contribution >= 0.6 is 0 Å². The van der Waals surface area contributed by atoms with Gasteiger partial charge < -0.3 is 15.4 Å². The zero-order valence-corrected chi connectivity index (χ0v) is 13.1. The molecule has 0 aromatic rings. The molecule has 0 aliphatic rings. The lowest BCUT2D eigenvalue weighted by atomic mass is 10.2. The molecule has 0 aliphatic carbocycles. The molecule has 0 spiro atoms. The van der Waals surface area contributed by atoms with Gasteiger partial charge >= 0.3 is 6.09 Å². The van der Waals surface area contributed by atoms with Crippen LogP contribution in [0.15, 0.2) is 0 Å². The number of hydrogen-bond donors (Lipinski definition) is 2. The van der Waals surface area contributed by atoms with Crippen LogP contribution in [-0.2, 0) is 14.6 Å². The van der Waals surface area contributed by atoms with E-state index in [2.05, 4.69) is 10.6 Å². The van der Waals surface area contributed by atoms with Gasteiger partial charge in [-0.15, -0.1) is 0 Å². The second kappa shape index (κ2) is 8.37. The number of carbonyl (C=O) groups is 1. The summed E-state index contributed by atoms with van der Waals surface area (Å²) in [7, 11) is -2.90. The van der Waals surface area contributed by atoms with Crippen LogP contribution in [0.25, 0.3) is 0 Å². The Morgan fingerprint density at radius 1 is 1.16 bits per heavy atom. The van der Waals surface area contributed by atoms with Gasteiger partial charge in [-0.05, 0) is 33.7 Å². The summed E-state index contributed by atoms with van der Waals surface area (Å²) < 4.78 is 27.5. The fourth-order valence-corrected chi connectivity index (χ4v) is 1.96. The minimum absolute atomic E-state index is 0.156. The van der Waals surface area contributed by atoms with Crippen LogP contribution in [0.1, 0.15) is 34.1 Å². The third kappa shape index (κ3) is 12.0. The highest BCUT2D eigenvalue weighted by Crippen LogP contribution is 2.06. The van der Waals surface area contributed by atoms with Gasteiger partial charge in [-0.3, -0.25) is 0 Å². The molecule has 19 heavy (non-hydrogen) atoms. The smallest absolute Gasteiger partial charge is 0.407 e. The summed E-state index contributed by atoms with van der Waals surface area (Å²) in [4.78, 5) is 11.3. The Kier molecular flexibility index (Phi) is 8.01. The van der Waals surface area contributed by atoms with Gasteiger partial charge in [0.05, 0.1) is 5.75 Å². The van der Waals surface area contributed by atoms with Crippen LogP contribution in [0.3, 0.4) is 0 Å². The van der Waals surface area contributed by atoms with E-state index in [1.807, 2.05) is 20.8 Å². The Labute approximate surface area is 116 Å². The molecule has 0 unspecified atom stereocenters. The normalized spacial score (nSPS) is 12.2. The average molecular weight is 294 g/mol. The third-order valence-electron chi connectivity index (χ3n) is 2.23. The molecule has 0 bridgehead atoms. The van der Waals surface area contributed by atoms with Gasteiger partial charge in [-0.1, -0.05) is 6.92 Å². The monoisotopic (exact) mass is 294 g/mol. The largest absolute Gasteiger partial charge is 0.444 e. The second-order valence-electron chi connectivity index (χ2n) is 5.27. The molecule has 0 aliphatic heterocycles. The Hall–Kier alpha value is -0.820. The molecule has 0 aromatic heterocycles. The molecule has 0 saturated heterocycles. The maximum absolute atomic E-state index is 11.3. The summed E-state index contributed by atoms with van der Waals surface area (Å²) in [5.74, 6) is 0.331. The second-order valence-corrected chi connectivity index (χ2v) is 7.74. The first-order valence-corrected chi connectivity index (χ1v) is 8.36. The van der Waals surface area contributed by atoms with Gasteiger partial charge in [0, 0.05) is 18.8 Å². The van der Waals surface area contributed by atoms with Crippen molar-refractivity contribution in [2.45, 2.75) is 39.7 Å². The summed E-state index contributed by atoms with van der Waals surface area (Å²) in [6.07, 6.45) is 0.298. The summed E-state index contributed by atoms with van der Waals surface area (Å²) in [6, 6.07) is 0. The highest BCUT2D eigenvalue weighted by Gasteiger charge is 2.15. The fraction of sp³-hybridized carbons (Fsp3) is 0.917. The number of carbonyl (C=O) groups excluding carboxylic acids is 1. The topological polar surface area (TPSA) is 84.5 Å². The average Bonchev–Trinajstić information content (AvgIpc) is 2.25. The molecule has 114 valence electrons. The molecular formula is C12H26N2O4S. The van der Waals surface area contributed by atoms with E-state index in [1.165, 1.54) is 0 Å². The number of sulfone groups is 1. The van der Waals surface area contributed by atoms with Gasteiger partial charge in [0.25, 0.3) is 0 Å². The van der Waals surface area contributed by atoms with Crippen LogP contribution in [0.2, 0.25) is 0 Å². The van der Waals surface area contributed by atoms with Crippen molar-refractivity contribution in [2.24, 2.45) is 0 Å². The van der Waals surface area contributed by atoms with Crippen LogP contribution in [-0.4, -0.2) is 51.3 Å². The first-order chi connectivity index (χ1) is 8.66. The van der Waals surface area contributed by atoms with Crippen molar-refractivity contribution in [3.05, 3.63) is 0 Å². The van der Waals surface area contributed by atoms with Crippen molar-refractivity contribution >= 4 is 15.9 Å². The van der Waals surface area contributed by atoms with E-state index in [0.29, 0.717) is 19.6 Å². The maximum Gasteiger partial charge on any atom is 0.407 e. The minimum atomic E-state index is -2.90. The lowest BCUT2D eigenvalue weighted by Gasteiger charge is -2.19. The van der Waals surface area contributed by atoms with E-state index in [1.54, 1.807) is 6.92 Å². The third-order valence-corrected chi connectivity index (χ3v) is 3.93. The minimum Gasteiger partial charge on any atom is -0.444 e. The number of nitrogens with one attached hydrogen (secondary N) is 2. The molecule has 0 saturated carbocycles. The Balaban J connectivity index is 3.49. The molecular weight excluding hydrogens is 268 g/mol. The van der Waals surface area contributed by atoms with Crippen LogP contribution in [0.5, 0.6) is 0 Å². The molecule has 0 fully saturated rings. The molecule has 0 aromatic carbocycles. The van der Waals surface area contributed by atoms with Crippen molar-refractivity contribution < 1.29 is 17.9 Å². The summed E-state index contributed by atoms with van der Waals surface area (Å²) >= 11 is 0. The lowest BCUT2D eigenvalue weighted by Crippen LogP contribution is -2.34. The van der Waals surface area contributed by atoms with Crippen molar-refractivity contribution in [1.82, 2.24) is 10.6 Å². The molecule has 0 atom stereocenters. The predicted molar refractivity (Wildman–Crippen MR) is 76.1 cm³/mol. The van der Waals surface area contributed by atoms with E-state index < -0.39 is 21.5 Å². The van der Waals surface area contributed by atoms with Crippen LogP contribution < -0.4 is 10.6 Å². The number of hydrogen-bond acceptors (Lipinski definition) is 5. The SMILES string of the molecule is CCS(=O)(=O)CCNCCCNC(=O)OC(C)(C)C. The Morgan fingerprint density at radius 3 is 2.32 bits per heavy atom. The lowest BCUT2D eigenvalue weighted by molar-refractivity contribution is 0.0527. The summed E-state index contributed by atoms with van der Waals surface area (Å²) in [6.45, 7) is 8.67. The standard InChI is InChI=1S/C12H26N2O4S/c1-5-19(16,17)10-9-13-7-6-8-14-11(15)18-12(2,3)4/h13H,5-10H2,1-4H3,(H,14,15). The van der Waals surface area contributed by atoms with Gasteiger partial charge in [0.15, 0.2) is 9.84 Å². The van der Waals surface area contributed by atoms with Crippen LogP contribution in [0.4, 0.5) is 4.79 Å². The van der Waals surface area contributed by atoms with E-state index in [-0.39, 0.29) is 11.5 Å².